The van der Waals surface area contributed by atoms with Crippen LogP contribution in [0.3, 0.4) is 0 Å². The maximum atomic E-state index is 4.65. The van der Waals surface area contributed by atoms with Crippen molar-refractivity contribution in [3.05, 3.63) is 35.5 Å². The predicted molar refractivity (Wildman–Crippen MR) is 84.3 cm³/mol. The van der Waals surface area contributed by atoms with Gasteiger partial charge in [0.2, 0.25) is 5.13 Å². The Morgan fingerprint density at radius 3 is 2.85 bits per heavy atom. The molecular weight excluding hydrogens is 268 g/mol. The van der Waals surface area contributed by atoms with Gasteiger partial charge in [-0.3, -0.25) is 4.98 Å². The minimum Gasteiger partial charge on any atom is -0.360 e. The summed E-state index contributed by atoms with van der Waals surface area (Å²) in [6.45, 7) is 7.00. The zero-order chi connectivity index (χ0) is 14.1. The van der Waals surface area contributed by atoms with Crippen molar-refractivity contribution in [2.45, 2.75) is 20.8 Å². The largest absolute Gasteiger partial charge is 0.360 e. The third kappa shape index (κ3) is 2.25. The maximum Gasteiger partial charge on any atom is 0.205 e. The molecule has 102 valence electrons. The molecule has 2 aromatic heterocycles. The summed E-state index contributed by atoms with van der Waals surface area (Å²) in [5, 5.41) is 14.6. The highest BCUT2D eigenvalue weighted by molar-refractivity contribution is 7.18. The number of aromatic nitrogens is 3. The molecule has 0 aliphatic carbocycles. The van der Waals surface area contributed by atoms with Gasteiger partial charge in [-0.2, -0.15) is 0 Å². The average molecular weight is 284 g/mol. The van der Waals surface area contributed by atoms with Crippen LogP contribution in [0.15, 0.2) is 24.3 Å². The monoisotopic (exact) mass is 284 g/mol. The standard InChI is InChI=1S/C15H16N4S/c1-4-16-15-19-18-14(20-15)12-8-10(3)17-13-9(2)6-5-7-11(12)13/h5-8H,4H2,1-3H3,(H,16,19). The normalized spacial score (nSPS) is 10.9. The summed E-state index contributed by atoms with van der Waals surface area (Å²) in [6.07, 6.45) is 0. The van der Waals surface area contributed by atoms with E-state index in [2.05, 4.69) is 58.6 Å². The Kier molecular flexibility index (Phi) is 3.36. The molecule has 4 nitrogen and oxygen atoms in total. The van der Waals surface area contributed by atoms with E-state index < -0.39 is 0 Å². The number of para-hydroxylation sites is 1. The Morgan fingerprint density at radius 2 is 2.05 bits per heavy atom. The number of benzene rings is 1. The van der Waals surface area contributed by atoms with Crippen LogP contribution in [0.25, 0.3) is 21.5 Å². The van der Waals surface area contributed by atoms with Gasteiger partial charge in [-0.1, -0.05) is 29.5 Å². The Labute approximate surface area is 121 Å². The van der Waals surface area contributed by atoms with Crippen LogP contribution in [0.2, 0.25) is 0 Å². The molecule has 0 aliphatic heterocycles. The summed E-state index contributed by atoms with van der Waals surface area (Å²) in [7, 11) is 0. The van der Waals surface area contributed by atoms with E-state index in [4.69, 9.17) is 0 Å². The van der Waals surface area contributed by atoms with Gasteiger partial charge in [-0.25, -0.2) is 0 Å². The fourth-order valence-corrected chi connectivity index (χ4v) is 3.09. The Hall–Kier alpha value is -2.01. The molecule has 3 aromatic rings. The molecule has 2 heterocycles. The second kappa shape index (κ2) is 5.17. The van der Waals surface area contributed by atoms with E-state index in [0.29, 0.717) is 0 Å². The van der Waals surface area contributed by atoms with Crippen molar-refractivity contribution in [2.75, 3.05) is 11.9 Å². The van der Waals surface area contributed by atoms with Gasteiger partial charge in [0, 0.05) is 23.2 Å². The zero-order valence-electron chi connectivity index (χ0n) is 11.8. The van der Waals surface area contributed by atoms with Crippen LogP contribution in [0.1, 0.15) is 18.2 Å². The molecule has 0 fully saturated rings. The SMILES string of the molecule is CCNc1nnc(-c2cc(C)nc3c(C)cccc23)s1. The molecule has 0 aliphatic rings. The molecule has 1 N–H and O–H groups in total. The summed E-state index contributed by atoms with van der Waals surface area (Å²) in [6, 6.07) is 8.32. The Morgan fingerprint density at radius 1 is 1.20 bits per heavy atom. The molecule has 0 saturated carbocycles. The average Bonchev–Trinajstić information content (AvgIpc) is 2.88. The summed E-state index contributed by atoms with van der Waals surface area (Å²) in [5.41, 5.74) is 4.34. The van der Waals surface area contributed by atoms with E-state index in [1.165, 1.54) is 5.56 Å². The fraction of sp³-hybridized carbons (Fsp3) is 0.267. The van der Waals surface area contributed by atoms with Gasteiger partial charge in [-0.05, 0) is 32.4 Å². The summed E-state index contributed by atoms with van der Waals surface area (Å²) in [4.78, 5) is 4.65. The van der Waals surface area contributed by atoms with Gasteiger partial charge < -0.3 is 5.32 Å². The fourth-order valence-electron chi connectivity index (χ4n) is 2.25. The van der Waals surface area contributed by atoms with E-state index in [9.17, 15) is 0 Å². The lowest BCUT2D eigenvalue weighted by molar-refractivity contribution is 1.07. The second-order valence-corrected chi connectivity index (χ2v) is 5.70. The van der Waals surface area contributed by atoms with Crippen LogP contribution in [-0.4, -0.2) is 21.7 Å². The first kappa shape index (κ1) is 13.0. The molecule has 0 unspecified atom stereocenters. The van der Waals surface area contributed by atoms with Gasteiger partial charge in [-0.15, -0.1) is 10.2 Å². The Bertz CT molecular complexity index is 764. The number of rotatable bonds is 3. The third-order valence-corrected chi connectivity index (χ3v) is 4.07. The van der Waals surface area contributed by atoms with Gasteiger partial charge >= 0.3 is 0 Å². The lowest BCUT2D eigenvalue weighted by Gasteiger charge is -2.07. The van der Waals surface area contributed by atoms with Crippen molar-refractivity contribution in [1.82, 2.24) is 15.2 Å². The van der Waals surface area contributed by atoms with E-state index in [1.807, 2.05) is 6.92 Å². The van der Waals surface area contributed by atoms with Crippen molar-refractivity contribution in [2.24, 2.45) is 0 Å². The highest BCUT2D eigenvalue weighted by Crippen LogP contribution is 2.33. The number of fused-ring (bicyclic) bond motifs is 1. The van der Waals surface area contributed by atoms with E-state index in [-0.39, 0.29) is 0 Å². The van der Waals surface area contributed by atoms with Crippen LogP contribution in [-0.2, 0) is 0 Å². The number of anilines is 1. The van der Waals surface area contributed by atoms with Crippen molar-refractivity contribution in [3.63, 3.8) is 0 Å². The lowest BCUT2D eigenvalue weighted by Crippen LogP contribution is -1.94. The smallest absolute Gasteiger partial charge is 0.205 e. The quantitative estimate of drug-likeness (QED) is 0.794. The lowest BCUT2D eigenvalue weighted by atomic mass is 10.1. The number of hydrogen-bond donors (Lipinski definition) is 1. The molecule has 1 aromatic carbocycles. The van der Waals surface area contributed by atoms with Crippen LogP contribution in [0.5, 0.6) is 0 Å². The number of nitrogens with zero attached hydrogens (tertiary/aromatic N) is 3. The van der Waals surface area contributed by atoms with Crippen LogP contribution in [0, 0.1) is 13.8 Å². The van der Waals surface area contributed by atoms with Crippen molar-refractivity contribution < 1.29 is 0 Å². The molecule has 20 heavy (non-hydrogen) atoms. The summed E-state index contributed by atoms with van der Waals surface area (Å²) < 4.78 is 0. The van der Waals surface area contributed by atoms with Gasteiger partial charge in [0.1, 0.15) is 5.01 Å². The topological polar surface area (TPSA) is 50.7 Å². The minimum atomic E-state index is 0.851. The highest BCUT2D eigenvalue weighted by atomic mass is 32.1. The molecule has 3 rings (SSSR count). The number of hydrogen-bond acceptors (Lipinski definition) is 5. The minimum absolute atomic E-state index is 0.851. The number of nitrogens with one attached hydrogen (secondary N) is 1. The van der Waals surface area contributed by atoms with Crippen LogP contribution in [0.4, 0.5) is 5.13 Å². The van der Waals surface area contributed by atoms with E-state index >= 15 is 0 Å². The van der Waals surface area contributed by atoms with Crippen molar-refractivity contribution >= 4 is 27.4 Å². The molecule has 0 saturated heterocycles. The van der Waals surface area contributed by atoms with Gasteiger partial charge in [0.05, 0.1) is 5.52 Å². The summed E-state index contributed by atoms with van der Waals surface area (Å²) in [5.74, 6) is 0. The molecule has 0 amide bonds. The van der Waals surface area contributed by atoms with Crippen LogP contribution >= 0.6 is 11.3 Å². The predicted octanol–water partition coefficient (Wildman–Crippen LogP) is 3.80. The first-order chi connectivity index (χ1) is 9.69. The van der Waals surface area contributed by atoms with Crippen molar-refractivity contribution in [1.29, 1.82) is 0 Å². The highest BCUT2D eigenvalue weighted by Gasteiger charge is 2.12. The second-order valence-electron chi connectivity index (χ2n) is 4.72. The van der Waals surface area contributed by atoms with Crippen LogP contribution < -0.4 is 5.32 Å². The van der Waals surface area contributed by atoms with Gasteiger partial charge in [0.25, 0.3) is 0 Å². The van der Waals surface area contributed by atoms with E-state index in [0.717, 1.165) is 38.8 Å². The van der Waals surface area contributed by atoms with Crippen molar-refractivity contribution in [3.8, 4) is 10.6 Å². The van der Waals surface area contributed by atoms with E-state index in [1.54, 1.807) is 11.3 Å². The molecule has 0 radical (unpaired) electrons. The third-order valence-electron chi connectivity index (χ3n) is 3.15. The summed E-state index contributed by atoms with van der Waals surface area (Å²) >= 11 is 1.58. The van der Waals surface area contributed by atoms with Gasteiger partial charge in [0.15, 0.2) is 0 Å². The molecule has 0 atom stereocenters. The Balaban J connectivity index is 2.21. The zero-order valence-corrected chi connectivity index (χ0v) is 12.6. The number of aryl methyl sites for hydroxylation is 2. The molecular formula is C15H16N4S. The molecule has 0 spiro atoms. The first-order valence-corrected chi connectivity index (χ1v) is 7.45. The molecule has 0 bridgehead atoms. The number of pyridine rings is 1. The maximum absolute atomic E-state index is 4.65. The first-order valence-electron chi connectivity index (χ1n) is 6.63. The molecule has 5 heteroatoms.